The minimum absolute atomic E-state index is 0.230. The first-order valence-electron chi connectivity index (χ1n) is 8.07. The zero-order valence-corrected chi connectivity index (χ0v) is 15.1. The van der Waals surface area contributed by atoms with Crippen LogP contribution in [-0.4, -0.2) is 46.4 Å². The summed E-state index contributed by atoms with van der Waals surface area (Å²) in [5, 5.41) is 10.5. The Bertz CT molecular complexity index is 714. The summed E-state index contributed by atoms with van der Waals surface area (Å²) < 4.78 is 27.9. The van der Waals surface area contributed by atoms with Crippen molar-refractivity contribution in [2.75, 3.05) is 30.7 Å². The van der Waals surface area contributed by atoms with Gasteiger partial charge in [0.2, 0.25) is 5.13 Å². The zero-order valence-electron chi connectivity index (χ0n) is 13.5. The predicted molar refractivity (Wildman–Crippen MR) is 95.2 cm³/mol. The number of likely N-dealkylation sites (tertiary alicyclic amines) is 1. The van der Waals surface area contributed by atoms with Crippen molar-refractivity contribution in [2.45, 2.75) is 23.6 Å². The van der Waals surface area contributed by atoms with E-state index in [2.05, 4.69) is 20.4 Å². The number of thioether (sulfide) groups is 1. The minimum Gasteiger partial charge on any atom is -0.303 e. The number of benzene rings is 1. The second-order valence-electron chi connectivity index (χ2n) is 5.67. The molecule has 1 fully saturated rings. The molecule has 1 saturated heterocycles. The molecule has 1 aliphatic rings. The van der Waals surface area contributed by atoms with E-state index >= 15 is 0 Å². The molecule has 1 amide bonds. The fraction of sp³-hybridized carbons (Fsp3) is 0.438. The molecule has 25 heavy (non-hydrogen) atoms. The number of hydrogen-bond donors (Lipinski definition) is 1. The first kappa shape index (κ1) is 18.2. The lowest BCUT2D eigenvalue weighted by Crippen LogP contribution is -2.31. The van der Waals surface area contributed by atoms with Gasteiger partial charge in [0.25, 0.3) is 5.91 Å². The van der Waals surface area contributed by atoms with E-state index in [4.69, 9.17) is 0 Å². The van der Waals surface area contributed by atoms with Crippen molar-refractivity contribution in [1.82, 2.24) is 15.1 Å². The van der Waals surface area contributed by atoms with E-state index in [1.54, 1.807) is 11.8 Å². The molecule has 3 rings (SSSR count). The average Bonchev–Trinajstić information content (AvgIpc) is 3.03. The second-order valence-corrected chi connectivity index (χ2v) is 7.99. The Hall–Kier alpha value is -1.58. The summed E-state index contributed by atoms with van der Waals surface area (Å²) in [5.41, 5.74) is -0.614. The van der Waals surface area contributed by atoms with Crippen molar-refractivity contribution in [3.63, 3.8) is 0 Å². The molecule has 1 aromatic carbocycles. The summed E-state index contributed by atoms with van der Waals surface area (Å²) in [7, 11) is 0. The van der Waals surface area contributed by atoms with Crippen LogP contribution in [-0.2, 0) is 0 Å². The Morgan fingerprint density at radius 2 is 1.92 bits per heavy atom. The molecule has 9 heteroatoms. The average molecular weight is 384 g/mol. The number of anilines is 1. The maximum absolute atomic E-state index is 13.6. The largest absolute Gasteiger partial charge is 0.303 e. The lowest BCUT2D eigenvalue weighted by molar-refractivity contribution is 0.101. The second kappa shape index (κ2) is 8.68. The molecule has 0 radical (unpaired) electrons. The van der Waals surface area contributed by atoms with Crippen LogP contribution in [0.5, 0.6) is 0 Å². The van der Waals surface area contributed by atoms with Gasteiger partial charge >= 0.3 is 0 Å². The number of carbonyl (C=O) groups excluding carboxylic acids is 1. The van der Waals surface area contributed by atoms with Gasteiger partial charge in [-0.1, -0.05) is 35.6 Å². The van der Waals surface area contributed by atoms with Crippen LogP contribution in [0.1, 0.15) is 29.6 Å². The third-order valence-electron chi connectivity index (χ3n) is 3.90. The summed E-state index contributed by atoms with van der Waals surface area (Å²) in [6, 6.07) is 3.30. The van der Waals surface area contributed by atoms with E-state index in [-0.39, 0.29) is 5.13 Å². The van der Waals surface area contributed by atoms with Crippen LogP contribution in [0.25, 0.3) is 0 Å². The summed E-state index contributed by atoms with van der Waals surface area (Å²) in [4.78, 5) is 14.5. The number of piperidine rings is 1. The lowest BCUT2D eigenvalue weighted by atomic mass is 10.1. The number of nitrogens with one attached hydrogen (secondary N) is 1. The van der Waals surface area contributed by atoms with Gasteiger partial charge in [-0.05, 0) is 38.1 Å². The van der Waals surface area contributed by atoms with Gasteiger partial charge in [0.1, 0.15) is 17.2 Å². The zero-order chi connectivity index (χ0) is 17.6. The molecule has 5 nitrogen and oxygen atoms in total. The van der Waals surface area contributed by atoms with Crippen molar-refractivity contribution in [1.29, 1.82) is 0 Å². The SMILES string of the molecule is O=C(Nc1nnc(SCCN2CCCCC2)s1)c1c(F)cccc1F. The minimum atomic E-state index is -0.904. The third kappa shape index (κ3) is 4.96. The predicted octanol–water partition coefficient (Wildman–Crippen LogP) is 3.65. The van der Waals surface area contributed by atoms with Crippen LogP contribution in [0.3, 0.4) is 0 Å². The van der Waals surface area contributed by atoms with E-state index in [1.165, 1.54) is 36.7 Å². The summed E-state index contributed by atoms with van der Waals surface area (Å²) >= 11 is 2.77. The number of carbonyl (C=O) groups is 1. The van der Waals surface area contributed by atoms with Crippen LogP contribution < -0.4 is 5.32 Å². The molecule has 1 aromatic heterocycles. The molecule has 0 bridgehead atoms. The van der Waals surface area contributed by atoms with Gasteiger partial charge in [0, 0.05) is 12.3 Å². The maximum Gasteiger partial charge on any atom is 0.263 e. The first-order chi connectivity index (χ1) is 12.1. The lowest BCUT2D eigenvalue weighted by Gasteiger charge is -2.25. The van der Waals surface area contributed by atoms with E-state index in [9.17, 15) is 13.6 Å². The number of halogens is 2. The summed E-state index contributed by atoms with van der Waals surface area (Å²) in [6.45, 7) is 3.28. The highest BCUT2D eigenvalue weighted by Gasteiger charge is 2.19. The van der Waals surface area contributed by atoms with Crippen LogP contribution in [0, 0.1) is 11.6 Å². The Morgan fingerprint density at radius 1 is 1.20 bits per heavy atom. The number of aromatic nitrogens is 2. The monoisotopic (exact) mass is 384 g/mol. The van der Waals surface area contributed by atoms with Crippen LogP contribution in [0.4, 0.5) is 13.9 Å². The van der Waals surface area contributed by atoms with Gasteiger partial charge in [0.05, 0.1) is 0 Å². The van der Waals surface area contributed by atoms with Crippen molar-refractivity contribution in [2.24, 2.45) is 0 Å². The Labute approximate surface area is 152 Å². The number of hydrogen-bond acceptors (Lipinski definition) is 6. The fourth-order valence-corrected chi connectivity index (χ4v) is 4.46. The Morgan fingerprint density at radius 3 is 2.64 bits per heavy atom. The molecule has 134 valence electrons. The molecule has 0 atom stereocenters. The highest BCUT2D eigenvalue weighted by molar-refractivity contribution is 8.01. The standard InChI is InChI=1S/C16H18F2N4OS2/c17-11-5-4-6-12(18)13(11)14(23)19-15-20-21-16(25-15)24-10-9-22-7-2-1-3-8-22/h4-6H,1-3,7-10H2,(H,19,20,23). The van der Waals surface area contributed by atoms with Crippen molar-refractivity contribution < 1.29 is 13.6 Å². The van der Waals surface area contributed by atoms with E-state index in [0.29, 0.717) is 0 Å². The van der Waals surface area contributed by atoms with E-state index < -0.39 is 23.1 Å². The molecule has 1 N–H and O–H groups in total. The van der Waals surface area contributed by atoms with Gasteiger partial charge in [0.15, 0.2) is 4.34 Å². The van der Waals surface area contributed by atoms with Gasteiger partial charge < -0.3 is 4.90 Å². The molecular weight excluding hydrogens is 366 g/mol. The van der Waals surface area contributed by atoms with Crippen LogP contribution in [0.2, 0.25) is 0 Å². The van der Waals surface area contributed by atoms with Crippen LogP contribution in [0.15, 0.2) is 22.5 Å². The summed E-state index contributed by atoms with van der Waals surface area (Å²) in [5.74, 6) is -1.78. The van der Waals surface area contributed by atoms with Gasteiger partial charge in [-0.15, -0.1) is 10.2 Å². The molecule has 0 saturated carbocycles. The number of rotatable bonds is 6. The maximum atomic E-state index is 13.6. The Kier molecular flexibility index (Phi) is 6.33. The van der Waals surface area contributed by atoms with E-state index in [0.717, 1.165) is 41.9 Å². The van der Waals surface area contributed by atoms with Crippen LogP contribution >= 0.6 is 23.1 Å². The first-order valence-corrected chi connectivity index (χ1v) is 9.88. The third-order valence-corrected chi connectivity index (χ3v) is 5.85. The number of amides is 1. The fourth-order valence-electron chi connectivity index (χ4n) is 2.64. The highest BCUT2D eigenvalue weighted by atomic mass is 32.2. The smallest absolute Gasteiger partial charge is 0.263 e. The quantitative estimate of drug-likeness (QED) is 0.609. The van der Waals surface area contributed by atoms with Gasteiger partial charge in [-0.2, -0.15) is 0 Å². The summed E-state index contributed by atoms with van der Waals surface area (Å²) in [6.07, 6.45) is 3.82. The van der Waals surface area contributed by atoms with Crippen molar-refractivity contribution >= 4 is 34.1 Å². The Balaban J connectivity index is 1.52. The molecule has 0 aliphatic carbocycles. The van der Waals surface area contributed by atoms with E-state index in [1.807, 2.05) is 0 Å². The molecular formula is C16H18F2N4OS2. The number of nitrogens with zero attached hydrogens (tertiary/aromatic N) is 3. The molecule has 0 spiro atoms. The van der Waals surface area contributed by atoms with Gasteiger partial charge in [-0.3, -0.25) is 10.1 Å². The topological polar surface area (TPSA) is 58.1 Å². The normalized spacial score (nSPS) is 15.3. The molecule has 2 aromatic rings. The molecule has 2 heterocycles. The molecule has 0 unspecified atom stereocenters. The highest BCUT2D eigenvalue weighted by Crippen LogP contribution is 2.26. The van der Waals surface area contributed by atoms with Gasteiger partial charge in [-0.25, -0.2) is 8.78 Å². The van der Waals surface area contributed by atoms with Crippen molar-refractivity contribution in [3.05, 3.63) is 35.4 Å². The van der Waals surface area contributed by atoms with Crippen molar-refractivity contribution in [3.8, 4) is 0 Å². The molecule has 1 aliphatic heterocycles.